The molecule has 0 aliphatic heterocycles. The van der Waals surface area contributed by atoms with Crippen LogP contribution < -0.4 is 5.32 Å². The van der Waals surface area contributed by atoms with Crippen molar-refractivity contribution in [1.29, 1.82) is 0 Å². The van der Waals surface area contributed by atoms with Crippen LogP contribution in [0.3, 0.4) is 0 Å². The number of amides is 1. The fourth-order valence-electron chi connectivity index (χ4n) is 2.31. The van der Waals surface area contributed by atoms with E-state index in [1.807, 2.05) is 19.1 Å². The average molecular weight is 329 g/mol. The van der Waals surface area contributed by atoms with Gasteiger partial charge in [-0.3, -0.25) is 9.48 Å². The summed E-state index contributed by atoms with van der Waals surface area (Å²) in [6.45, 7) is 7.68. The summed E-state index contributed by atoms with van der Waals surface area (Å²) in [6.07, 6.45) is 1.50. The number of aliphatic carboxylic acids is 1. The van der Waals surface area contributed by atoms with Crippen molar-refractivity contribution >= 4 is 11.9 Å². The van der Waals surface area contributed by atoms with Gasteiger partial charge in [0, 0.05) is 6.20 Å². The Hall–Kier alpha value is -2.63. The van der Waals surface area contributed by atoms with Gasteiger partial charge in [0.15, 0.2) is 0 Å². The molecular formula is C18H23N3O3. The van der Waals surface area contributed by atoms with Crippen LogP contribution in [0.4, 0.5) is 0 Å². The molecule has 0 radical (unpaired) electrons. The van der Waals surface area contributed by atoms with Crippen LogP contribution in [0.1, 0.15) is 67.3 Å². The predicted molar refractivity (Wildman–Crippen MR) is 91.0 cm³/mol. The van der Waals surface area contributed by atoms with Crippen LogP contribution in [0.15, 0.2) is 36.5 Å². The summed E-state index contributed by atoms with van der Waals surface area (Å²) in [6, 6.07) is 8.67. The average Bonchev–Trinajstić information content (AvgIpc) is 3.04. The van der Waals surface area contributed by atoms with Crippen molar-refractivity contribution in [3.63, 3.8) is 0 Å². The van der Waals surface area contributed by atoms with Gasteiger partial charge < -0.3 is 10.4 Å². The zero-order valence-electron chi connectivity index (χ0n) is 14.4. The molecule has 2 aromatic rings. The maximum atomic E-state index is 12.3. The summed E-state index contributed by atoms with van der Waals surface area (Å²) in [5.74, 6) is -0.861. The highest BCUT2D eigenvalue weighted by Gasteiger charge is 2.18. The Balaban J connectivity index is 2.04. The molecule has 24 heavy (non-hydrogen) atoms. The molecule has 0 saturated heterocycles. The summed E-state index contributed by atoms with van der Waals surface area (Å²) in [5.41, 5.74) is 2.46. The largest absolute Gasteiger partial charge is 0.480 e. The standard InChI is InChI=1S/C18H23N3O3/c1-11(2)14-5-7-15(8-6-14)12(3)19-17(22)16-9-10-21(20-16)13(4)18(23)24/h5-13H,1-4H3,(H,19,22)(H,23,24). The van der Waals surface area contributed by atoms with Crippen molar-refractivity contribution in [3.05, 3.63) is 53.3 Å². The summed E-state index contributed by atoms with van der Waals surface area (Å²) >= 11 is 0. The molecule has 0 bridgehead atoms. The molecule has 128 valence electrons. The van der Waals surface area contributed by atoms with E-state index in [2.05, 4.69) is 36.4 Å². The fraction of sp³-hybridized carbons (Fsp3) is 0.389. The Morgan fingerprint density at radius 3 is 2.17 bits per heavy atom. The maximum absolute atomic E-state index is 12.3. The van der Waals surface area contributed by atoms with Crippen LogP contribution in [-0.2, 0) is 4.79 Å². The first-order valence-electron chi connectivity index (χ1n) is 7.98. The summed E-state index contributed by atoms with van der Waals surface area (Å²) in [7, 11) is 0. The van der Waals surface area contributed by atoms with Gasteiger partial charge >= 0.3 is 5.97 Å². The van der Waals surface area contributed by atoms with Crippen molar-refractivity contribution in [2.75, 3.05) is 0 Å². The predicted octanol–water partition coefficient (Wildman–Crippen LogP) is 3.14. The quantitative estimate of drug-likeness (QED) is 0.852. The Labute approximate surface area is 141 Å². The van der Waals surface area contributed by atoms with Gasteiger partial charge in [-0.05, 0) is 37.0 Å². The summed E-state index contributed by atoms with van der Waals surface area (Å²) < 4.78 is 1.26. The second kappa shape index (κ2) is 7.29. The minimum atomic E-state index is -0.997. The molecule has 0 spiro atoms. The number of benzene rings is 1. The van der Waals surface area contributed by atoms with E-state index in [4.69, 9.17) is 5.11 Å². The number of hydrogen-bond donors (Lipinski definition) is 2. The second-order valence-corrected chi connectivity index (χ2v) is 6.21. The van der Waals surface area contributed by atoms with E-state index in [-0.39, 0.29) is 17.6 Å². The molecule has 1 aromatic carbocycles. The van der Waals surface area contributed by atoms with Crippen LogP contribution in [0.2, 0.25) is 0 Å². The third-order valence-corrected chi connectivity index (χ3v) is 4.05. The van der Waals surface area contributed by atoms with Crippen molar-refractivity contribution in [3.8, 4) is 0 Å². The van der Waals surface area contributed by atoms with E-state index in [1.54, 1.807) is 0 Å². The van der Waals surface area contributed by atoms with E-state index < -0.39 is 12.0 Å². The highest BCUT2D eigenvalue weighted by Crippen LogP contribution is 2.19. The Morgan fingerprint density at radius 1 is 1.04 bits per heavy atom. The van der Waals surface area contributed by atoms with Gasteiger partial charge in [0.05, 0.1) is 6.04 Å². The van der Waals surface area contributed by atoms with Gasteiger partial charge in [0.25, 0.3) is 5.91 Å². The molecule has 2 unspecified atom stereocenters. The highest BCUT2D eigenvalue weighted by molar-refractivity contribution is 5.92. The van der Waals surface area contributed by atoms with E-state index in [0.29, 0.717) is 5.92 Å². The van der Waals surface area contributed by atoms with Crippen molar-refractivity contribution in [2.45, 2.75) is 45.7 Å². The lowest BCUT2D eigenvalue weighted by atomic mass is 9.99. The molecule has 0 aliphatic carbocycles. The lowest BCUT2D eigenvalue weighted by Gasteiger charge is -2.15. The normalized spacial score (nSPS) is 13.5. The lowest BCUT2D eigenvalue weighted by Crippen LogP contribution is -2.27. The first kappa shape index (κ1) is 17.7. The third-order valence-electron chi connectivity index (χ3n) is 4.05. The Morgan fingerprint density at radius 2 is 1.62 bits per heavy atom. The molecule has 2 atom stereocenters. The number of nitrogens with zero attached hydrogens (tertiary/aromatic N) is 2. The van der Waals surface area contributed by atoms with Gasteiger partial charge in [-0.2, -0.15) is 5.10 Å². The minimum Gasteiger partial charge on any atom is -0.480 e. The van der Waals surface area contributed by atoms with Crippen molar-refractivity contribution in [1.82, 2.24) is 15.1 Å². The van der Waals surface area contributed by atoms with Crippen molar-refractivity contribution < 1.29 is 14.7 Å². The number of hydrogen-bond acceptors (Lipinski definition) is 3. The zero-order valence-corrected chi connectivity index (χ0v) is 14.4. The van der Waals surface area contributed by atoms with Gasteiger partial charge in [0.2, 0.25) is 0 Å². The van der Waals surface area contributed by atoms with Gasteiger partial charge in [-0.25, -0.2) is 4.79 Å². The first-order valence-corrected chi connectivity index (χ1v) is 7.98. The fourth-order valence-corrected chi connectivity index (χ4v) is 2.31. The van der Waals surface area contributed by atoms with E-state index in [0.717, 1.165) is 5.56 Å². The molecule has 0 saturated carbocycles. The molecule has 6 nitrogen and oxygen atoms in total. The molecule has 2 rings (SSSR count). The molecule has 0 aliphatic rings. The number of carbonyl (C=O) groups is 2. The topological polar surface area (TPSA) is 84.2 Å². The van der Waals surface area contributed by atoms with Crippen molar-refractivity contribution in [2.24, 2.45) is 0 Å². The third kappa shape index (κ3) is 4.01. The van der Waals surface area contributed by atoms with Crippen LogP contribution in [0.25, 0.3) is 0 Å². The van der Waals surface area contributed by atoms with E-state index in [1.165, 1.54) is 29.4 Å². The highest BCUT2D eigenvalue weighted by atomic mass is 16.4. The molecule has 6 heteroatoms. The summed E-state index contributed by atoms with van der Waals surface area (Å²) in [5, 5.41) is 15.9. The SMILES string of the molecule is CC(C)c1ccc(C(C)NC(=O)c2ccn(C(C)C(=O)O)n2)cc1. The smallest absolute Gasteiger partial charge is 0.328 e. The van der Waals surface area contributed by atoms with Gasteiger partial charge in [-0.1, -0.05) is 38.1 Å². The number of carbonyl (C=O) groups excluding carboxylic acids is 1. The van der Waals surface area contributed by atoms with Gasteiger partial charge in [-0.15, -0.1) is 0 Å². The van der Waals surface area contributed by atoms with Crippen LogP contribution >= 0.6 is 0 Å². The molecule has 0 fully saturated rings. The van der Waals surface area contributed by atoms with E-state index >= 15 is 0 Å². The molecule has 2 N–H and O–H groups in total. The second-order valence-electron chi connectivity index (χ2n) is 6.21. The Kier molecular flexibility index (Phi) is 5.39. The molecule has 1 amide bonds. The molecular weight excluding hydrogens is 306 g/mol. The number of nitrogens with one attached hydrogen (secondary N) is 1. The maximum Gasteiger partial charge on any atom is 0.328 e. The van der Waals surface area contributed by atoms with Crippen LogP contribution in [-0.4, -0.2) is 26.8 Å². The zero-order chi connectivity index (χ0) is 17.9. The van der Waals surface area contributed by atoms with Crippen LogP contribution in [0.5, 0.6) is 0 Å². The first-order chi connectivity index (χ1) is 11.3. The number of aromatic nitrogens is 2. The Bertz CT molecular complexity index is 719. The monoisotopic (exact) mass is 329 g/mol. The molecule has 1 aromatic heterocycles. The minimum absolute atomic E-state index is 0.166. The van der Waals surface area contributed by atoms with Gasteiger partial charge in [0.1, 0.15) is 11.7 Å². The number of carboxylic acid groups (broad SMARTS) is 1. The number of carboxylic acids is 1. The number of rotatable bonds is 6. The van der Waals surface area contributed by atoms with E-state index in [9.17, 15) is 9.59 Å². The lowest BCUT2D eigenvalue weighted by molar-refractivity contribution is -0.140. The molecule has 1 heterocycles. The summed E-state index contributed by atoms with van der Waals surface area (Å²) in [4.78, 5) is 23.2. The van der Waals surface area contributed by atoms with Crippen LogP contribution in [0, 0.1) is 0 Å².